The molecule has 2 atom stereocenters. The third kappa shape index (κ3) is 1.98. The SMILES string of the molecule is CCC1C[C@@H](C)O[C@H](C)C1. The molecule has 0 bridgehead atoms. The predicted molar refractivity (Wildman–Crippen MR) is 43.0 cm³/mol. The molecular formula is C9H18O. The molecule has 60 valence electrons. The summed E-state index contributed by atoms with van der Waals surface area (Å²) in [6.45, 7) is 6.63. The third-order valence-electron chi connectivity index (χ3n) is 2.37. The maximum Gasteiger partial charge on any atom is 0.0553 e. The van der Waals surface area contributed by atoms with Gasteiger partial charge in [-0.25, -0.2) is 0 Å². The van der Waals surface area contributed by atoms with E-state index in [1.54, 1.807) is 0 Å². The Hall–Kier alpha value is -0.0400. The van der Waals surface area contributed by atoms with Crippen LogP contribution < -0.4 is 0 Å². The van der Waals surface area contributed by atoms with Gasteiger partial charge >= 0.3 is 0 Å². The van der Waals surface area contributed by atoms with E-state index in [1.165, 1.54) is 19.3 Å². The Bertz CT molecular complexity index is 90.9. The fourth-order valence-corrected chi connectivity index (χ4v) is 1.88. The summed E-state index contributed by atoms with van der Waals surface area (Å²) in [7, 11) is 0. The van der Waals surface area contributed by atoms with E-state index in [9.17, 15) is 0 Å². The lowest BCUT2D eigenvalue weighted by Crippen LogP contribution is -2.28. The molecule has 0 N–H and O–H groups in total. The van der Waals surface area contributed by atoms with Gasteiger partial charge in [-0.3, -0.25) is 0 Å². The van der Waals surface area contributed by atoms with Crippen LogP contribution in [0, 0.1) is 5.92 Å². The molecule has 0 unspecified atom stereocenters. The van der Waals surface area contributed by atoms with E-state index in [-0.39, 0.29) is 0 Å². The first-order valence-corrected chi connectivity index (χ1v) is 4.37. The van der Waals surface area contributed by atoms with E-state index in [4.69, 9.17) is 4.74 Å². The van der Waals surface area contributed by atoms with Crippen LogP contribution in [0.4, 0.5) is 0 Å². The summed E-state index contributed by atoms with van der Waals surface area (Å²) in [5.74, 6) is 0.916. The van der Waals surface area contributed by atoms with Gasteiger partial charge in [-0.2, -0.15) is 0 Å². The normalized spacial score (nSPS) is 41.7. The Morgan fingerprint density at radius 3 is 2.10 bits per heavy atom. The smallest absolute Gasteiger partial charge is 0.0553 e. The van der Waals surface area contributed by atoms with Gasteiger partial charge in [0.1, 0.15) is 0 Å². The Morgan fingerprint density at radius 2 is 1.70 bits per heavy atom. The molecule has 0 spiro atoms. The van der Waals surface area contributed by atoms with Crippen molar-refractivity contribution < 1.29 is 4.74 Å². The molecule has 1 heteroatoms. The molecule has 1 saturated heterocycles. The van der Waals surface area contributed by atoms with Crippen molar-refractivity contribution in [3.05, 3.63) is 0 Å². The summed E-state index contributed by atoms with van der Waals surface area (Å²) in [6, 6.07) is 0. The van der Waals surface area contributed by atoms with Crippen molar-refractivity contribution in [1.82, 2.24) is 0 Å². The standard InChI is InChI=1S/C9H18O/c1-4-9-5-7(2)10-8(3)6-9/h7-9H,4-6H2,1-3H3/t7-,8-/m1/s1. The molecule has 0 aromatic rings. The second kappa shape index (κ2) is 3.38. The summed E-state index contributed by atoms with van der Waals surface area (Å²) in [6.07, 6.45) is 4.84. The molecular weight excluding hydrogens is 124 g/mol. The van der Waals surface area contributed by atoms with Crippen molar-refractivity contribution in [3.63, 3.8) is 0 Å². The zero-order valence-corrected chi connectivity index (χ0v) is 7.26. The van der Waals surface area contributed by atoms with Crippen LogP contribution in [0.3, 0.4) is 0 Å². The average Bonchev–Trinajstić information content (AvgIpc) is 1.85. The van der Waals surface area contributed by atoms with Gasteiger partial charge in [-0.05, 0) is 32.6 Å². The molecule has 0 aromatic carbocycles. The molecule has 1 nitrogen and oxygen atoms in total. The first kappa shape index (κ1) is 8.06. The van der Waals surface area contributed by atoms with Crippen molar-refractivity contribution in [1.29, 1.82) is 0 Å². The van der Waals surface area contributed by atoms with Gasteiger partial charge < -0.3 is 4.74 Å². The summed E-state index contributed by atoms with van der Waals surface area (Å²) < 4.78 is 5.62. The first-order chi connectivity index (χ1) is 4.72. The summed E-state index contributed by atoms with van der Waals surface area (Å²) in [4.78, 5) is 0. The van der Waals surface area contributed by atoms with E-state index in [1.807, 2.05) is 0 Å². The van der Waals surface area contributed by atoms with Gasteiger partial charge in [0.25, 0.3) is 0 Å². The molecule has 0 aliphatic carbocycles. The van der Waals surface area contributed by atoms with Crippen LogP contribution in [0.5, 0.6) is 0 Å². The fraction of sp³-hybridized carbons (Fsp3) is 1.00. The van der Waals surface area contributed by atoms with Gasteiger partial charge in [0.15, 0.2) is 0 Å². The van der Waals surface area contributed by atoms with E-state index in [2.05, 4.69) is 20.8 Å². The Morgan fingerprint density at radius 1 is 1.20 bits per heavy atom. The second-order valence-corrected chi connectivity index (χ2v) is 3.50. The van der Waals surface area contributed by atoms with Gasteiger partial charge in [0.05, 0.1) is 12.2 Å². The van der Waals surface area contributed by atoms with E-state index < -0.39 is 0 Å². The van der Waals surface area contributed by atoms with E-state index >= 15 is 0 Å². The van der Waals surface area contributed by atoms with Crippen LogP contribution in [-0.2, 0) is 4.74 Å². The van der Waals surface area contributed by atoms with Crippen molar-refractivity contribution in [3.8, 4) is 0 Å². The number of hydrogen-bond donors (Lipinski definition) is 0. The van der Waals surface area contributed by atoms with Gasteiger partial charge in [0.2, 0.25) is 0 Å². The van der Waals surface area contributed by atoms with Crippen LogP contribution >= 0.6 is 0 Å². The maximum atomic E-state index is 5.62. The zero-order chi connectivity index (χ0) is 7.56. The molecule has 0 saturated carbocycles. The molecule has 0 amide bonds. The van der Waals surface area contributed by atoms with Crippen molar-refractivity contribution in [2.24, 2.45) is 5.92 Å². The summed E-state index contributed by atoms with van der Waals surface area (Å²) in [5, 5.41) is 0. The largest absolute Gasteiger partial charge is 0.376 e. The highest BCUT2D eigenvalue weighted by Crippen LogP contribution is 2.26. The number of hydrogen-bond acceptors (Lipinski definition) is 1. The molecule has 10 heavy (non-hydrogen) atoms. The molecule has 0 radical (unpaired) electrons. The monoisotopic (exact) mass is 142 g/mol. The summed E-state index contributed by atoms with van der Waals surface area (Å²) in [5.41, 5.74) is 0. The predicted octanol–water partition coefficient (Wildman–Crippen LogP) is 2.60. The number of ether oxygens (including phenoxy) is 1. The van der Waals surface area contributed by atoms with E-state index in [0.717, 1.165) is 5.92 Å². The molecule has 1 rings (SSSR count). The molecule has 1 fully saturated rings. The minimum absolute atomic E-state index is 0.494. The van der Waals surface area contributed by atoms with E-state index in [0.29, 0.717) is 12.2 Å². The molecule has 1 aliphatic rings. The third-order valence-corrected chi connectivity index (χ3v) is 2.37. The molecule has 0 aromatic heterocycles. The maximum absolute atomic E-state index is 5.62. The van der Waals surface area contributed by atoms with Crippen LogP contribution in [0.25, 0.3) is 0 Å². The Labute approximate surface area is 63.8 Å². The Balaban J connectivity index is 2.35. The lowest BCUT2D eigenvalue weighted by molar-refractivity contribution is -0.0525. The van der Waals surface area contributed by atoms with Gasteiger partial charge in [-0.1, -0.05) is 13.3 Å². The van der Waals surface area contributed by atoms with Gasteiger partial charge in [-0.15, -0.1) is 0 Å². The molecule has 1 aliphatic heterocycles. The highest BCUT2D eigenvalue weighted by Gasteiger charge is 2.22. The van der Waals surface area contributed by atoms with Crippen LogP contribution in [0.1, 0.15) is 40.0 Å². The quantitative estimate of drug-likeness (QED) is 0.547. The summed E-state index contributed by atoms with van der Waals surface area (Å²) >= 11 is 0. The van der Waals surface area contributed by atoms with Crippen LogP contribution in [0.15, 0.2) is 0 Å². The minimum atomic E-state index is 0.494. The second-order valence-electron chi connectivity index (χ2n) is 3.50. The number of rotatable bonds is 1. The minimum Gasteiger partial charge on any atom is -0.376 e. The highest BCUT2D eigenvalue weighted by molar-refractivity contribution is 4.71. The fourth-order valence-electron chi connectivity index (χ4n) is 1.88. The topological polar surface area (TPSA) is 9.23 Å². The van der Waals surface area contributed by atoms with Crippen LogP contribution in [0.2, 0.25) is 0 Å². The first-order valence-electron chi connectivity index (χ1n) is 4.37. The van der Waals surface area contributed by atoms with Crippen molar-refractivity contribution >= 4 is 0 Å². The zero-order valence-electron chi connectivity index (χ0n) is 7.26. The molecule has 1 heterocycles. The van der Waals surface area contributed by atoms with Crippen molar-refractivity contribution in [2.75, 3.05) is 0 Å². The highest BCUT2D eigenvalue weighted by atomic mass is 16.5. The Kier molecular flexibility index (Phi) is 2.72. The van der Waals surface area contributed by atoms with Crippen molar-refractivity contribution in [2.45, 2.75) is 52.2 Å². The average molecular weight is 142 g/mol. The van der Waals surface area contributed by atoms with Gasteiger partial charge in [0, 0.05) is 0 Å². The van der Waals surface area contributed by atoms with Crippen LogP contribution in [-0.4, -0.2) is 12.2 Å². The lowest BCUT2D eigenvalue weighted by Gasteiger charge is -2.31. The lowest BCUT2D eigenvalue weighted by atomic mass is 9.91.